The second kappa shape index (κ2) is 11.8. The van der Waals surface area contributed by atoms with Crippen molar-refractivity contribution in [1.29, 1.82) is 0 Å². The molecular weight excluding hydrogens is 704 g/mol. The van der Waals surface area contributed by atoms with Gasteiger partial charge in [0.25, 0.3) is 0 Å². The summed E-state index contributed by atoms with van der Waals surface area (Å²) in [6.07, 6.45) is -1.65. The van der Waals surface area contributed by atoms with E-state index < -0.39 is 11.7 Å². The molecular formula is C34H25F3IrNO2-. The van der Waals surface area contributed by atoms with E-state index in [9.17, 15) is 18.0 Å². The number of rotatable bonds is 2. The Bertz CT molecular complexity index is 1960. The summed E-state index contributed by atoms with van der Waals surface area (Å²) < 4.78 is 41.6. The molecule has 209 valence electrons. The van der Waals surface area contributed by atoms with Gasteiger partial charge in [0.05, 0.1) is 5.76 Å². The first kappa shape index (κ1) is 29.9. The van der Waals surface area contributed by atoms with Gasteiger partial charge in [-0.1, -0.05) is 77.2 Å². The van der Waals surface area contributed by atoms with Gasteiger partial charge in [-0.2, -0.15) is 13.2 Å². The van der Waals surface area contributed by atoms with Crippen molar-refractivity contribution in [3.05, 3.63) is 114 Å². The van der Waals surface area contributed by atoms with Crippen LogP contribution < -0.4 is 0 Å². The number of carbonyl (C=O) groups is 1. The third-order valence-electron chi connectivity index (χ3n) is 6.66. The number of aryl methyl sites for hydroxylation is 1. The molecule has 0 amide bonds. The molecule has 0 spiro atoms. The molecule has 6 aromatic rings. The molecule has 1 aromatic heterocycles. The number of benzene rings is 5. The van der Waals surface area contributed by atoms with Crippen LogP contribution in [0.3, 0.4) is 0 Å². The van der Waals surface area contributed by atoms with Gasteiger partial charge in [-0.25, -0.2) is 0 Å². The molecule has 7 heteroatoms. The number of aliphatic hydroxyl groups is 1. The Kier molecular flexibility index (Phi) is 8.62. The van der Waals surface area contributed by atoms with Gasteiger partial charge in [-0.15, -0.1) is 23.6 Å². The van der Waals surface area contributed by atoms with Crippen molar-refractivity contribution in [2.24, 2.45) is 0 Å². The molecule has 1 N–H and O–H groups in total. The second-order valence-electron chi connectivity index (χ2n) is 9.74. The molecule has 0 unspecified atom stereocenters. The third-order valence-corrected chi connectivity index (χ3v) is 6.66. The Balaban J connectivity index is 0.000000434. The number of fused-ring (bicyclic) bond motifs is 6. The first-order valence-corrected chi connectivity index (χ1v) is 12.6. The summed E-state index contributed by atoms with van der Waals surface area (Å²) in [5, 5.41) is 15.1. The first-order chi connectivity index (χ1) is 19.0. The number of hydrogen-bond acceptors (Lipinski definition) is 3. The summed E-state index contributed by atoms with van der Waals surface area (Å²) in [7, 11) is 0. The molecule has 0 aliphatic rings. The van der Waals surface area contributed by atoms with Crippen molar-refractivity contribution in [2.45, 2.75) is 26.9 Å². The van der Waals surface area contributed by atoms with Crippen LogP contribution in [-0.2, 0) is 31.1 Å². The third kappa shape index (κ3) is 6.17. The van der Waals surface area contributed by atoms with Crippen molar-refractivity contribution in [3.63, 3.8) is 0 Å². The topological polar surface area (TPSA) is 50.2 Å². The summed E-state index contributed by atoms with van der Waals surface area (Å²) in [6, 6.07) is 27.2. The zero-order valence-electron chi connectivity index (χ0n) is 22.4. The normalized spacial score (nSPS) is 11.8. The zero-order chi connectivity index (χ0) is 28.6. The predicted octanol–water partition coefficient (Wildman–Crippen LogP) is 9.52. The van der Waals surface area contributed by atoms with E-state index in [1.807, 2.05) is 18.2 Å². The quantitative estimate of drug-likeness (QED) is 0.0837. The van der Waals surface area contributed by atoms with Gasteiger partial charge < -0.3 is 5.11 Å². The van der Waals surface area contributed by atoms with Gasteiger partial charge in [0.1, 0.15) is 0 Å². The van der Waals surface area contributed by atoms with Gasteiger partial charge in [-0.3, -0.25) is 9.78 Å². The molecule has 0 aliphatic carbocycles. The molecule has 0 saturated heterocycles. The van der Waals surface area contributed by atoms with Crippen LogP contribution in [0.1, 0.15) is 25.0 Å². The van der Waals surface area contributed by atoms with Crippen molar-refractivity contribution >= 4 is 48.9 Å². The minimum Gasteiger partial charge on any atom is -0.512 e. The minimum absolute atomic E-state index is 0. The summed E-state index contributed by atoms with van der Waals surface area (Å²) in [5.41, 5.74) is 1.35. The molecule has 1 heterocycles. The van der Waals surface area contributed by atoms with Crippen LogP contribution in [0.15, 0.2) is 96.9 Å². The Labute approximate surface area is 248 Å². The molecule has 5 aromatic carbocycles. The zero-order valence-corrected chi connectivity index (χ0v) is 24.8. The van der Waals surface area contributed by atoms with E-state index in [-0.39, 0.29) is 37.0 Å². The number of pyridine rings is 1. The Morgan fingerprint density at radius 1 is 0.829 bits per heavy atom. The van der Waals surface area contributed by atoms with Crippen LogP contribution in [0.4, 0.5) is 13.2 Å². The van der Waals surface area contributed by atoms with Crippen LogP contribution in [-0.4, -0.2) is 15.9 Å². The van der Waals surface area contributed by atoms with E-state index in [2.05, 4.69) is 48.3 Å². The number of aliphatic hydroxyl groups excluding tert-OH is 1. The van der Waals surface area contributed by atoms with E-state index in [1.165, 1.54) is 31.6 Å². The van der Waals surface area contributed by atoms with E-state index in [1.54, 1.807) is 24.4 Å². The van der Waals surface area contributed by atoms with Crippen molar-refractivity contribution < 1.29 is 43.2 Å². The predicted molar refractivity (Wildman–Crippen MR) is 155 cm³/mol. The first-order valence-electron chi connectivity index (χ1n) is 12.6. The fourth-order valence-corrected chi connectivity index (χ4v) is 5.03. The van der Waals surface area contributed by atoms with E-state index in [4.69, 9.17) is 5.11 Å². The van der Waals surface area contributed by atoms with Crippen molar-refractivity contribution in [2.75, 3.05) is 0 Å². The van der Waals surface area contributed by atoms with Crippen LogP contribution in [0, 0.1) is 13.0 Å². The molecule has 0 fully saturated rings. The van der Waals surface area contributed by atoms with E-state index in [0.717, 1.165) is 38.4 Å². The van der Waals surface area contributed by atoms with Crippen LogP contribution in [0.25, 0.3) is 54.3 Å². The van der Waals surface area contributed by atoms with Crippen molar-refractivity contribution in [1.82, 2.24) is 4.98 Å². The number of carbonyl (C=O) groups excluding carboxylic acids is 1. The van der Waals surface area contributed by atoms with E-state index in [0.29, 0.717) is 16.6 Å². The van der Waals surface area contributed by atoms with Crippen LogP contribution >= 0.6 is 0 Å². The number of ketones is 1. The summed E-state index contributed by atoms with van der Waals surface area (Å²) >= 11 is 0. The maximum atomic E-state index is 13.9. The van der Waals surface area contributed by atoms with Crippen molar-refractivity contribution in [3.8, 4) is 11.3 Å². The molecule has 3 nitrogen and oxygen atoms in total. The average molecular weight is 729 g/mol. The van der Waals surface area contributed by atoms with Gasteiger partial charge in [0.2, 0.25) is 0 Å². The number of aromatic nitrogens is 1. The fraction of sp³-hybridized carbons (Fsp3) is 0.118. The van der Waals surface area contributed by atoms with Gasteiger partial charge in [0, 0.05) is 38.1 Å². The molecule has 0 saturated carbocycles. The van der Waals surface area contributed by atoms with Gasteiger partial charge in [0.15, 0.2) is 5.78 Å². The van der Waals surface area contributed by atoms with Gasteiger partial charge in [-0.05, 0) is 64.7 Å². The Morgan fingerprint density at radius 2 is 1.46 bits per heavy atom. The molecule has 41 heavy (non-hydrogen) atoms. The number of alkyl halides is 3. The van der Waals surface area contributed by atoms with Crippen LogP contribution in [0.2, 0.25) is 0 Å². The molecule has 0 bridgehead atoms. The smallest absolute Gasteiger partial charge is 0.403 e. The fourth-order valence-electron chi connectivity index (χ4n) is 5.03. The SMILES string of the molecule is CC(=O)/C=C(/C)O.Cc1ccc2c(ccc3c4ccnc(-c5[c-]c6ccccc6c(C(F)(F)F)c5)c4ccc23)c1.[Ir]. The standard InChI is InChI=1S/C29H17F3N.C5H8O2.Ir/c1-17-6-8-21-19(14-17)7-9-24-23(21)10-11-26-25(24)12-13-33-28(26)20-15-18-4-2-3-5-22(18)27(16-20)29(30,31)32;1-4(6)3-5(2)7;/h2-14,16H,1H3;3,6H,1-2H3;/q-1;;/b;4-3-;. The van der Waals surface area contributed by atoms with Gasteiger partial charge >= 0.3 is 6.18 Å². The molecule has 0 aliphatic heterocycles. The number of nitrogens with zero attached hydrogens (tertiary/aromatic N) is 1. The summed E-state index contributed by atoms with van der Waals surface area (Å²) in [5.74, 6) is -0.0625. The molecule has 0 atom stereocenters. The average Bonchev–Trinajstić information content (AvgIpc) is 2.90. The number of hydrogen-bond donors (Lipinski definition) is 1. The van der Waals surface area contributed by atoms with Crippen LogP contribution in [0.5, 0.6) is 0 Å². The van der Waals surface area contributed by atoms with E-state index >= 15 is 0 Å². The maximum absolute atomic E-state index is 13.9. The summed E-state index contributed by atoms with van der Waals surface area (Å²) in [6.45, 7) is 4.92. The number of allylic oxidation sites excluding steroid dienone is 2. The maximum Gasteiger partial charge on any atom is 0.403 e. The minimum atomic E-state index is -4.47. The molecule has 6 rings (SSSR count). The monoisotopic (exact) mass is 729 g/mol. The largest absolute Gasteiger partial charge is 0.512 e. The number of halogens is 3. The summed E-state index contributed by atoms with van der Waals surface area (Å²) in [4.78, 5) is 14.5. The second-order valence-corrected chi connectivity index (χ2v) is 9.74. The Hall–Kier alpha value is -4.06. The molecule has 1 radical (unpaired) electrons. The Morgan fingerprint density at radius 3 is 2.15 bits per heavy atom.